The predicted molar refractivity (Wildman–Crippen MR) is 110 cm³/mol. The van der Waals surface area contributed by atoms with E-state index in [4.69, 9.17) is 28.5 Å². The van der Waals surface area contributed by atoms with Crippen LogP contribution < -0.4 is 10.6 Å². The minimum atomic E-state index is -4.75. The van der Waals surface area contributed by atoms with Gasteiger partial charge in [-0.05, 0) is 36.2 Å². The standard InChI is InChI=1S/C20H16Cl2F3N5O2/c1-10-18(31)27-4-5-30(10)19(32)29-16(11-2-3-12(8-26)14(21)6-11)13-7-15(22)17(28-9-13)20(23,24)25/h2-3,6-7,9-10,16H,4-5H2,1H3,(H,27,31)(H,29,32)/t10-,16+/m1/s1. The Kier molecular flexibility index (Phi) is 6.81. The van der Waals surface area contributed by atoms with Crippen molar-refractivity contribution in [1.29, 1.82) is 5.26 Å². The van der Waals surface area contributed by atoms with E-state index >= 15 is 0 Å². The van der Waals surface area contributed by atoms with E-state index in [0.717, 1.165) is 12.3 Å². The van der Waals surface area contributed by atoms with Gasteiger partial charge in [-0.3, -0.25) is 4.79 Å². The molecule has 1 aliphatic heterocycles. The smallest absolute Gasteiger partial charge is 0.353 e. The Bertz CT molecular complexity index is 1100. The Balaban J connectivity index is 2.01. The molecule has 12 heteroatoms. The molecule has 2 heterocycles. The molecule has 1 saturated heterocycles. The summed E-state index contributed by atoms with van der Waals surface area (Å²) in [4.78, 5) is 29.6. The Morgan fingerprint density at radius 1 is 1.31 bits per heavy atom. The zero-order chi connectivity index (χ0) is 23.6. The first-order chi connectivity index (χ1) is 15.0. The van der Waals surface area contributed by atoms with Crippen LogP contribution in [0, 0.1) is 11.3 Å². The van der Waals surface area contributed by atoms with Crippen molar-refractivity contribution < 1.29 is 22.8 Å². The number of piperazine rings is 1. The number of nitrogens with zero attached hydrogens (tertiary/aromatic N) is 3. The van der Waals surface area contributed by atoms with Gasteiger partial charge in [-0.25, -0.2) is 9.78 Å². The van der Waals surface area contributed by atoms with Gasteiger partial charge in [0, 0.05) is 19.3 Å². The van der Waals surface area contributed by atoms with E-state index in [-0.39, 0.29) is 35.1 Å². The summed E-state index contributed by atoms with van der Waals surface area (Å²) in [6, 6.07) is 4.95. The Morgan fingerprint density at radius 3 is 2.59 bits per heavy atom. The normalized spacial score (nSPS) is 17.3. The molecule has 1 aromatic carbocycles. The van der Waals surface area contributed by atoms with Crippen LogP contribution >= 0.6 is 23.2 Å². The highest BCUT2D eigenvalue weighted by Crippen LogP contribution is 2.35. The minimum Gasteiger partial charge on any atom is -0.353 e. The molecule has 1 aliphatic rings. The summed E-state index contributed by atoms with van der Waals surface area (Å²) >= 11 is 11.9. The van der Waals surface area contributed by atoms with Gasteiger partial charge >= 0.3 is 12.2 Å². The molecule has 2 aromatic rings. The molecule has 0 saturated carbocycles. The maximum Gasteiger partial charge on any atom is 0.434 e. The first kappa shape index (κ1) is 23.6. The number of rotatable bonds is 3. The number of alkyl halides is 3. The molecule has 168 valence electrons. The van der Waals surface area contributed by atoms with Crippen molar-refractivity contribution in [2.45, 2.75) is 25.2 Å². The molecule has 2 N–H and O–H groups in total. The second kappa shape index (κ2) is 9.22. The van der Waals surface area contributed by atoms with Gasteiger partial charge in [-0.1, -0.05) is 29.3 Å². The highest BCUT2D eigenvalue weighted by atomic mass is 35.5. The molecule has 0 aliphatic carbocycles. The van der Waals surface area contributed by atoms with E-state index in [0.29, 0.717) is 5.56 Å². The fraction of sp³-hybridized carbons (Fsp3) is 0.300. The monoisotopic (exact) mass is 485 g/mol. The van der Waals surface area contributed by atoms with Crippen LogP contribution in [-0.4, -0.2) is 41.0 Å². The number of hydrogen-bond acceptors (Lipinski definition) is 4. The summed E-state index contributed by atoms with van der Waals surface area (Å²) in [6.07, 6.45) is -3.79. The summed E-state index contributed by atoms with van der Waals surface area (Å²) in [6.45, 7) is 2.06. The number of amides is 3. The molecule has 0 bridgehead atoms. The summed E-state index contributed by atoms with van der Waals surface area (Å²) in [7, 11) is 0. The second-order valence-corrected chi connectivity index (χ2v) is 7.81. The average Bonchev–Trinajstić information content (AvgIpc) is 2.72. The summed E-state index contributed by atoms with van der Waals surface area (Å²) < 4.78 is 39.2. The number of nitriles is 1. The Labute approximate surface area is 191 Å². The summed E-state index contributed by atoms with van der Waals surface area (Å²) in [5.74, 6) is -0.330. The Hall–Kier alpha value is -3.03. The first-order valence-corrected chi connectivity index (χ1v) is 10.1. The number of nitrogens with one attached hydrogen (secondary N) is 2. The highest BCUT2D eigenvalue weighted by Gasteiger charge is 2.36. The molecule has 1 aromatic heterocycles. The van der Waals surface area contributed by atoms with Gasteiger partial charge in [-0.15, -0.1) is 0 Å². The van der Waals surface area contributed by atoms with E-state index in [9.17, 15) is 22.8 Å². The average molecular weight is 486 g/mol. The molecule has 2 atom stereocenters. The summed E-state index contributed by atoms with van der Waals surface area (Å²) in [5.41, 5.74) is -0.530. The SMILES string of the molecule is C[C@@H]1C(=O)NCCN1C(=O)N[C@@H](c1ccc(C#N)c(Cl)c1)c1cnc(C(F)(F)F)c(Cl)c1. The molecule has 3 amide bonds. The maximum atomic E-state index is 13.1. The topological polar surface area (TPSA) is 98.1 Å². The predicted octanol–water partition coefficient (Wildman–Crippen LogP) is 3.90. The number of carbonyl (C=O) groups is 2. The van der Waals surface area contributed by atoms with Crippen molar-refractivity contribution in [1.82, 2.24) is 20.5 Å². The van der Waals surface area contributed by atoms with Crippen LogP contribution in [0.4, 0.5) is 18.0 Å². The van der Waals surface area contributed by atoms with Crippen LogP contribution in [0.3, 0.4) is 0 Å². The number of urea groups is 1. The molecule has 7 nitrogen and oxygen atoms in total. The molecule has 3 rings (SSSR count). The molecule has 0 spiro atoms. The van der Waals surface area contributed by atoms with E-state index in [2.05, 4.69) is 15.6 Å². The quantitative estimate of drug-likeness (QED) is 0.688. The van der Waals surface area contributed by atoms with Crippen LogP contribution in [0.15, 0.2) is 30.5 Å². The van der Waals surface area contributed by atoms with Crippen molar-refractivity contribution >= 4 is 35.1 Å². The maximum absolute atomic E-state index is 13.1. The number of aromatic nitrogens is 1. The van der Waals surface area contributed by atoms with Crippen molar-refractivity contribution in [3.63, 3.8) is 0 Å². The van der Waals surface area contributed by atoms with E-state index in [1.54, 1.807) is 6.92 Å². The largest absolute Gasteiger partial charge is 0.434 e. The third-order valence-corrected chi connectivity index (χ3v) is 5.54. The fourth-order valence-corrected chi connectivity index (χ4v) is 3.76. The zero-order valence-electron chi connectivity index (χ0n) is 16.5. The lowest BCUT2D eigenvalue weighted by atomic mass is 9.98. The van der Waals surface area contributed by atoms with Gasteiger partial charge in [0.05, 0.1) is 21.7 Å². The number of halogens is 5. The van der Waals surface area contributed by atoms with Crippen molar-refractivity contribution in [2.24, 2.45) is 0 Å². The van der Waals surface area contributed by atoms with Gasteiger partial charge < -0.3 is 15.5 Å². The first-order valence-electron chi connectivity index (χ1n) is 9.30. The van der Waals surface area contributed by atoms with Gasteiger partial charge in [-0.2, -0.15) is 18.4 Å². The van der Waals surface area contributed by atoms with Crippen LogP contribution in [-0.2, 0) is 11.0 Å². The van der Waals surface area contributed by atoms with E-state index < -0.39 is 35.0 Å². The third-order valence-electron chi connectivity index (χ3n) is 4.94. The van der Waals surface area contributed by atoms with Crippen LogP contribution in [0.2, 0.25) is 10.0 Å². The Morgan fingerprint density at radius 2 is 2.00 bits per heavy atom. The molecule has 0 radical (unpaired) electrons. The number of carbonyl (C=O) groups excluding carboxylic acids is 2. The van der Waals surface area contributed by atoms with Crippen molar-refractivity contribution in [2.75, 3.05) is 13.1 Å². The van der Waals surface area contributed by atoms with Gasteiger partial charge in [0.15, 0.2) is 5.69 Å². The third kappa shape index (κ3) is 4.89. The van der Waals surface area contributed by atoms with Crippen molar-refractivity contribution in [3.8, 4) is 6.07 Å². The zero-order valence-corrected chi connectivity index (χ0v) is 18.0. The minimum absolute atomic E-state index is 0.0981. The van der Waals surface area contributed by atoms with Crippen molar-refractivity contribution in [3.05, 3.63) is 62.9 Å². The van der Waals surface area contributed by atoms with Crippen LogP contribution in [0.25, 0.3) is 0 Å². The highest BCUT2D eigenvalue weighted by molar-refractivity contribution is 6.32. The van der Waals surface area contributed by atoms with E-state index in [1.807, 2.05) is 6.07 Å². The molecular formula is C20H16Cl2F3N5O2. The van der Waals surface area contributed by atoms with Gasteiger partial charge in [0.2, 0.25) is 5.91 Å². The molecule has 1 fully saturated rings. The van der Waals surface area contributed by atoms with Crippen LogP contribution in [0.1, 0.15) is 35.3 Å². The lowest BCUT2D eigenvalue weighted by Gasteiger charge is -2.34. The number of benzene rings is 1. The lowest BCUT2D eigenvalue weighted by Crippen LogP contribution is -2.58. The van der Waals surface area contributed by atoms with E-state index in [1.165, 1.54) is 23.1 Å². The second-order valence-electron chi connectivity index (χ2n) is 6.99. The van der Waals surface area contributed by atoms with Gasteiger partial charge in [0.1, 0.15) is 12.1 Å². The number of hydrogen-bond donors (Lipinski definition) is 2. The molecule has 32 heavy (non-hydrogen) atoms. The van der Waals surface area contributed by atoms with Gasteiger partial charge in [0.25, 0.3) is 0 Å². The lowest BCUT2D eigenvalue weighted by molar-refractivity contribution is -0.141. The molecule has 0 unspecified atom stereocenters. The number of pyridine rings is 1. The fourth-order valence-electron chi connectivity index (χ4n) is 3.25. The molecular weight excluding hydrogens is 470 g/mol. The van der Waals surface area contributed by atoms with Crippen LogP contribution in [0.5, 0.6) is 0 Å². The summed E-state index contributed by atoms with van der Waals surface area (Å²) in [5, 5.41) is 13.9.